The van der Waals surface area contributed by atoms with E-state index in [9.17, 15) is 9.90 Å². The summed E-state index contributed by atoms with van der Waals surface area (Å²) in [5.74, 6) is 0.182. The molecule has 1 saturated heterocycles. The van der Waals surface area contributed by atoms with Gasteiger partial charge in [0.1, 0.15) is 0 Å². The summed E-state index contributed by atoms with van der Waals surface area (Å²) in [5, 5.41) is 14.4. The largest absolute Gasteiger partial charge is 0.388 e. The Bertz CT molecular complexity index is 597. The number of thiophene rings is 1. The molecule has 1 aliphatic rings. The lowest BCUT2D eigenvalue weighted by atomic mass is 10.0. The summed E-state index contributed by atoms with van der Waals surface area (Å²) < 4.78 is 0. The molecular formula is C18H21NO2S. The van der Waals surface area contributed by atoms with Gasteiger partial charge in [-0.15, -0.1) is 0 Å². The molecule has 3 nitrogen and oxygen atoms in total. The number of aliphatic hydroxyl groups excluding tert-OH is 1. The van der Waals surface area contributed by atoms with Crippen molar-refractivity contribution in [2.75, 3.05) is 6.54 Å². The summed E-state index contributed by atoms with van der Waals surface area (Å²) in [6.07, 6.45) is 2.61. The first kappa shape index (κ1) is 15.3. The van der Waals surface area contributed by atoms with Crippen molar-refractivity contribution in [1.82, 2.24) is 4.90 Å². The van der Waals surface area contributed by atoms with E-state index in [4.69, 9.17) is 0 Å². The van der Waals surface area contributed by atoms with E-state index in [0.717, 1.165) is 30.5 Å². The Morgan fingerprint density at radius 3 is 2.86 bits per heavy atom. The maximum Gasteiger partial charge on any atom is 0.227 e. The van der Waals surface area contributed by atoms with Crippen LogP contribution in [0.5, 0.6) is 0 Å². The average molecular weight is 315 g/mol. The summed E-state index contributed by atoms with van der Waals surface area (Å²) in [5.41, 5.74) is 2.02. The normalized spacial score (nSPS) is 19.3. The Labute approximate surface area is 135 Å². The number of likely N-dealkylation sites (tertiary alicyclic amines) is 1. The molecule has 0 spiro atoms. The number of rotatable bonds is 5. The van der Waals surface area contributed by atoms with Crippen molar-refractivity contribution in [1.29, 1.82) is 0 Å². The number of amides is 1. The van der Waals surface area contributed by atoms with Gasteiger partial charge in [0, 0.05) is 12.6 Å². The minimum absolute atomic E-state index is 0.154. The molecule has 1 aromatic carbocycles. The molecule has 1 fully saturated rings. The fraction of sp³-hybridized carbons (Fsp3) is 0.389. The van der Waals surface area contributed by atoms with Gasteiger partial charge >= 0.3 is 0 Å². The van der Waals surface area contributed by atoms with Crippen LogP contribution >= 0.6 is 11.3 Å². The minimum atomic E-state index is -0.499. The van der Waals surface area contributed by atoms with E-state index in [1.807, 2.05) is 52.1 Å². The molecule has 2 aromatic rings. The number of aliphatic hydroxyl groups is 1. The van der Waals surface area contributed by atoms with E-state index in [1.165, 1.54) is 0 Å². The van der Waals surface area contributed by atoms with Crippen LogP contribution in [-0.4, -0.2) is 28.5 Å². The number of carbonyl (C=O) groups excluding carboxylic acids is 1. The molecule has 1 aliphatic heterocycles. The van der Waals surface area contributed by atoms with Gasteiger partial charge < -0.3 is 10.0 Å². The number of carbonyl (C=O) groups is 1. The van der Waals surface area contributed by atoms with Crippen LogP contribution in [0.1, 0.15) is 36.5 Å². The number of nitrogens with zero attached hydrogens (tertiary/aromatic N) is 1. The molecule has 1 aromatic heterocycles. The summed E-state index contributed by atoms with van der Waals surface area (Å²) in [7, 11) is 0. The van der Waals surface area contributed by atoms with E-state index in [0.29, 0.717) is 12.8 Å². The molecule has 116 valence electrons. The van der Waals surface area contributed by atoms with Crippen molar-refractivity contribution in [3.63, 3.8) is 0 Å². The zero-order valence-corrected chi connectivity index (χ0v) is 13.3. The van der Waals surface area contributed by atoms with Crippen LogP contribution in [0.15, 0.2) is 47.2 Å². The number of benzene rings is 1. The lowest BCUT2D eigenvalue weighted by Crippen LogP contribution is -2.37. The predicted octanol–water partition coefficient (Wildman–Crippen LogP) is 3.41. The molecule has 3 rings (SSSR count). The third kappa shape index (κ3) is 3.57. The molecule has 0 bridgehead atoms. The van der Waals surface area contributed by atoms with Crippen molar-refractivity contribution >= 4 is 17.2 Å². The Hall–Kier alpha value is -1.65. The molecule has 2 heterocycles. The molecular weight excluding hydrogens is 294 g/mol. The Kier molecular flexibility index (Phi) is 4.90. The van der Waals surface area contributed by atoms with E-state index in [1.54, 1.807) is 11.3 Å². The molecule has 2 atom stereocenters. The molecule has 22 heavy (non-hydrogen) atoms. The maximum absolute atomic E-state index is 12.5. The van der Waals surface area contributed by atoms with E-state index >= 15 is 0 Å². The first-order valence-electron chi connectivity index (χ1n) is 7.77. The van der Waals surface area contributed by atoms with Crippen molar-refractivity contribution < 1.29 is 9.90 Å². The highest BCUT2D eigenvalue weighted by atomic mass is 32.1. The highest BCUT2D eigenvalue weighted by Gasteiger charge is 2.30. The lowest BCUT2D eigenvalue weighted by Gasteiger charge is -2.26. The smallest absolute Gasteiger partial charge is 0.227 e. The second-order valence-corrected chi connectivity index (χ2v) is 6.63. The quantitative estimate of drug-likeness (QED) is 0.918. The first-order chi connectivity index (χ1) is 10.7. The van der Waals surface area contributed by atoms with Crippen molar-refractivity contribution in [2.45, 2.75) is 37.8 Å². The Morgan fingerprint density at radius 2 is 2.14 bits per heavy atom. The van der Waals surface area contributed by atoms with Gasteiger partial charge in [-0.2, -0.15) is 11.3 Å². The maximum atomic E-state index is 12.5. The molecule has 0 saturated carbocycles. The van der Waals surface area contributed by atoms with Gasteiger partial charge in [0.2, 0.25) is 5.91 Å². The van der Waals surface area contributed by atoms with Gasteiger partial charge in [0.05, 0.1) is 12.5 Å². The van der Waals surface area contributed by atoms with Crippen LogP contribution in [0.2, 0.25) is 0 Å². The Balaban J connectivity index is 1.62. The fourth-order valence-corrected chi connectivity index (χ4v) is 3.82. The van der Waals surface area contributed by atoms with E-state index < -0.39 is 6.10 Å². The van der Waals surface area contributed by atoms with Gasteiger partial charge in [-0.3, -0.25) is 4.79 Å². The fourth-order valence-electron chi connectivity index (χ4n) is 3.15. The zero-order valence-electron chi connectivity index (χ0n) is 12.5. The minimum Gasteiger partial charge on any atom is -0.388 e. The van der Waals surface area contributed by atoms with E-state index in [-0.39, 0.29) is 11.9 Å². The SMILES string of the molecule is O=C(Cc1ccsc1)N1CCC[C@H]1C[C@H](O)c1ccccc1. The molecule has 0 aliphatic carbocycles. The molecule has 0 unspecified atom stereocenters. The predicted molar refractivity (Wildman–Crippen MR) is 88.8 cm³/mol. The van der Waals surface area contributed by atoms with Crippen LogP contribution in [0.4, 0.5) is 0 Å². The first-order valence-corrected chi connectivity index (χ1v) is 8.72. The van der Waals surface area contributed by atoms with Crippen LogP contribution in [0.25, 0.3) is 0 Å². The number of hydrogen-bond acceptors (Lipinski definition) is 3. The Morgan fingerprint density at radius 1 is 1.32 bits per heavy atom. The van der Waals surface area contributed by atoms with Gasteiger partial charge in [0.15, 0.2) is 0 Å². The third-order valence-corrected chi connectivity index (χ3v) is 5.04. The van der Waals surface area contributed by atoms with Crippen LogP contribution < -0.4 is 0 Å². The van der Waals surface area contributed by atoms with Crippen LogP contribution in [0, 0.1) is 0 Å². The second kappa shape index (κ2) is 7.07. The topological polar surface area (TPSA) is 40.5 Å². The third-order valence-electron chi connectivity index (χ3n) is 4.31. The molecule has 0 radical (unpaired) electrons. The van der Waals surface area contributed by atoms with Gasteiger partial charge in [-0.25, -0.2) is 0 Å². The lowest BCUT2D eigenvalue weighted by molar-refractivity contribution is -0.131. The highest BCUT2D eigenvalue weighted by Crippen LogP contribution is 2.28. The molecule has 1 amide bonds. The molecule has 1 N–H and O–H groups in total. The monoisotopic (exact) mass is 315 g/mol. The van der Waals surface area contributed by atoms with E-state index in [2.05, 4.69) is 0 Å². The van der Waals surface area contributed by atoms with Crippen LogP contribution in [0.3, 0.4) is 0 Å². The summed E-state index contributed by atoms with van der Waals surface area (Å²) in [6.45, 7) is 0.815. The van der Waals surface area contributed by atoms with Crippen molar-refractivity contribution in [2.24, 2.45) is 0 Å². The molecule has 4 heteroatoms. The summed E-state index contributed by atoms with van der Waals surface area (Å²) >= 11 is 1.62. The zero-order chi connectivity index (χ0) is 15.4. The van der Waals surface area contributed by atoms with Gasteiger partial charge in [0.25, 0.3) is 0 Å². The number of hydrogen-bond donors (Lipinski definition) is 1. The van der Waals surface area contributed by atoms with Crippen LogP contribution in [-0.2, 0) is 11.2 Å². The average Bonchev–Trinajstić information content (AvgIpc) is 3.19. The van der Waals surface area contributed by atoms with Gasteiger partial charge in [-0.1, -0.05) is 30.3 Å². The second-order valence-electron chi connectivity index (χ2n) is 5.85. The summed E-state index contributed by atoms with van der Waals surface area (Å²) in [4.78, 5) is 14.5. The van der Waals surface area contributed by atoms with Crippen molar-refractivity contribution in [3.8, 4) is 0 Å². The van der Waals surface area contributed by atoms with Crippen molar-refractivity contribution in [3.05, 3.63) is 58.3 Å². The standard InChI is InChI=1S/C18H21NO2S/c20-17(15-5-2-1-3-6-15)12-16-7-4-9-19(16)18(21)11-14-8-10-22-13-14/h1-3,5-6,8,10,13,16-17,20H,4,7,9,11-12H2/t16-,17-/m0/s1. The summed E-state index contributed by atoms with van der Waals surface area (Å²) in [6, 6.07) is 11.9. The highest BCUT2D eigenvalue weighted by molar-refractivity contribution is 7.07. The van der Waals surface area contributed by atoms with Gasteiger partial charge in [-0.05, 0) is 47.2 Å².